The molecule has 2 unspecified atom stereocenters. The summed E-state index contributed by atoms with van der Waals surface area (Å²) in [6.45, 7) is 4.87. The molecule has 0 aliphatic carbocycles. The van der Waals surface area contributed by atoms with Gasteiger partial charge in [0.05, 0.1) is 0 Å². The Hall–Kier alpha value is -0.730. The summed E-state index contributed by atoms with van der Waals surface area (Å²) in [7, 11) is 0. The van der Waals surface area contributed by atoms with Crippen molar-refractivity contribution >= 4 is 11.6 Å². The topological polar surface area (TPSA) is 32.3 Å². The van der Waals surface area contributed by atoms with Crippen molar-refractivity contribution in [3.63, 3.8) is 0 Å². The second-order valence-corrected chi connectivity index (χ2v) is 4.71. The Kier molecular flexibility index (Phi) is 4.92. The summed E-state index contributed by atoms with van der Waals surface area (Å²) in [5, 5.41) is 12.8. The van der Waals surface area contributed by atoms with Gasteiger partial charge in [0.2, 0.25) is 0 Å². The van der Waals surface area contributed by atoms with Crippen LogP contribution in [0.5, 0.6) is 5.75 Å². The van der Waals surface area contributed by atoms with Crippen molar-refractivity contribution in [2.24, 2.45) is 0 Å². The Morgan fingerprint density at radius 3 is 2.73 bits per heavy atom. The fourth-order valence-corrected chi connectivity index (χ4v) is 1.80. The number of phenols is 1. The number of nitrogens with one attached hydrogen (secondary N) is 1. The van der Waals surface area contributed by atoms with Gasteiger partial charge in [0.25, 0.3) is 0 Å². The van der Waals surface area contributed by atoms with Gasteiger partial charge < -0.3 is 10.4 Å². The van der Waals surface area contributed by atoms with Crippen LogP contribution in [0.1, 0.15) is 25.8 Å². The number of benzene rings is 1. The van der Waals surface area contributed by atoms with Gasteiger partial charge in [0.1, 0.15) is 5.75 Å². The first-order valence-electron chi connectivity index (χ1n) is 5.23. The van der Waals surface area contributed by atoms with Crippen molar-refractivity contribution < 1.29 is 5.11 Å². The minimum Gasteiger partial charge on any atom is -0.508 e. The third kappa shape index (κ3) is 5.05. The van der Waals surface area contributed by atoms with Gasteiger partial charge in [0, 0.05) is 18.0 Å². The van der Waals surface area contributed by atoms with Gasteiger partial charge in [-0.1, -0.05) is 12.1 Å². The number of hydrogen-bond acceptors (Lipinski definition) is 2. The molecule has 15 heavy (non-hydrogen) atoms. The molecule has 0 radical (unpaired) electrons. The molecule has 2 N–H and O–H groups in total. The van der Waals surface area contributed by atoms with Crippen molar-refractivity contribution in [2.75, 3.05) is 0 Å². The number of phenolic OH excluding ortho intramolecular Hbond substituents is 1. The van der Waals surface area contributed by atoms with Gasteiger partial charge in [-0.15, -0.1) is 11.6 Å². The molecule has 0 spiro atoms. The van der Waals surface area contributed by atoms with E-state index in [1.165, 1.54) is 0 Å². The molecule has 1 aromatic rings. The normalized spacial score (nSPS) is 14.9. The minimum atomic E-state index is 0.191. The van der Waals surface area contributed by atoms with Gasteiger partial charge >= 0.3 is 0 Å². The van der Waals surface area contributed by atoms with E-state index >= 15 is 0 Å². The molecule has 1 aromatic carbocycles. The van der Waals surface area contributed by atoms with Crippen LogP contribution in [0, 0.1) is 0 Å². The fraction of sp³-hybridized carbons (Fsp3) is 0.500. The highest BCUT2D eigenvalue weighted by Crippen LogP contribution is 2.11. The zero-order chi connectivity index (χ0) is 11.3. The predicted octanol–water partition coefficient (Wildman–Crippen LogP) is 2.89. The monoisotopic (exact) mass is 227 g/mol. The van der Waals surface area contributed by atoms with Crippen LogP contribution in [0.3, 0.4) is 0 Å². The second-order valence-electron chi connectivity index (χ2n) is 3.97. The van der Waals surface area contributed by atoms with E-state index in [0.29, 0.717) is 11.8 Å². The molecule has 0 saturated heterocycles. The quantitative estimate of drug-likeness (QED) is 0.759. The molecule has 0 amide bonds. The highest BCUT2D eigenvalue weighted by atomic mass is 35.5. The summed E-state index contributed by atoms with van der Waals surface area (Å²) in [5.41, 5.74) is 1.09. The Morgan fingerprint density at radius 1 is 1.40 bits per heavy atom. The molecular weight excluding hydrogens is 210 g/mol. The number of aromatic hydroxyl groups is 1. The second kappa shape index (κ2) is 5.99. The van der Waals surface area contributed by atoms with E-state index < -0.39 is 0 Å². The molecule has 0 aliphatic rings. The van der Waals surface area contributed by atoms with Crippen molar-refractivity contribution in [1.82, 2.24) is 5.32 Å². The van der Waals surface area contributed by atoms with E-state index in [2.05, 4.69) is 12.2 Å². The minimum absolute atomic E-state index is 0.191. The Balaban J connectivity index is 2.36. The Morgan fingerprint density at radius 2 is 2.13 bits per heavy atom. The van der Waals surface area contributed by atoms with Crippen LogP contribution in [0.2, 0.25) is 0 Å². The van der Waals surface area contributed by atoms with E-state index in [4.69, 9.17) is 11.6 Å². The highest BCUT2D eigenvalue weighted by Gasteiger charge is 2.05. The van der Waals surface area contributed by atoms with Crippen LogP contribution in [0.15, 0.2) is 24.3 Å². The first-order chi connectivity index (χ1) is 7.08. The summed E-state index contributed by atoms with van der Waals surface area (Å²) in [6, 6.07) is 7.67. The molecule has 0 fully saturated rings. The van der Waals surface area contributed by atoms with Gasteiger partial charge in [-0.05, 0) is 38.0 Å². The van der Waals surface area contributed by atoms with E-state index in [-0.39, 0.29) is 5.38 Å². The smallest absolute Gasteiger partial charge is 0.115 e. The summed E-state index contributed by atoms with van der Waals surface area (Å²) < 4.78 is 0. The van der Waals surface area contributed by atoms with Crippen molar-refractivity contribution in [3.05, 3.63) is 29.8 Å². The number of hydrogen-bond donors (Lipinski definition) is 2. The third-order valence-electron chi connectivity index (χ3n) is 2.24. The maximum atomic E-state index is 9.27. The standard InChI is InChI=1S/C12H18ClNO/c1-9(13)6-10(2)14-8-11-4-3-5-12(15)7-11/h3-5,7,9-10,14-15H,6,8H2,1-2H3. The first-order valence-corrected chi connectivity index (χ1v) is 5.67. The molecule has 2 nitrogen and oxygen atoms in total. The maximum Gasteiger partial charge on any atom is 0.115 e. The Labute approximate surface area is 96.3 Å². The molecule has 0 aromatic heterocycles. The first kappa shape index (κ1) is 12.3. The lowest BCUT2D eigenvalue weighted by atomic mass is 10.1. The van der Waals surface area contributed by atoms with Crippen molar-refractivity contribution in [3.8, 4) is 5.75 Å². The molecule has 84 valence electrons. The predicted molar refractivity (Wildman–Crippen MR) is 64.3 cm³/mol. The average molecular weight is 228 g/mol. The van der Waals surface area contributed by atoms with E-state index in [0.717, 1.165) is 18.5 Å². The van der Waals surface area contributed by atoms with Gasteiger partial charge in [-0.25, -0.2) is 0 Å². The van der Waals surface area contributed by atoms with Gasteiger partial charge in [0.15, 0.2) is 0 Å². The molecule has 0 aliphatic heterocycles. The molecular formula is C12H18ClNO. The van der Waals surface area contributed by atoms with Gasteiger partial charge in [-0.2, -0.15) is 0 Å². The lowest BCUT2D eigenvalue weighted by Crippen LogP contribution is -2.27. The van der Waals surface area contributed by atoms with Crippen LogP contribution in [0.4, 0.5) is 0 Å². The molecule has 3 heteroatoms. The van der Waals surface area contributed by atoms with Crippen molar-refractivity contribution in [2.45, 2.75) is 38.2 Å². The molecule has 0 saturated carbocycles. The van der Waals surface area contributed by atoms with Crippen LogP contribution in [-0.4, -0.2) is 16.5 Å². The van der Waals surface area contributed by atoms with Crippen LogP contribution in [-0.2, 0) is 6.54 Å². The number of alkyl halides is 1. The largest absolute Gasteiger partial charge is 0.508 e. The lowest BCUT2D eigenvalue weighted by Gasteiger charge is -2.14. The molecule has 0 heterocycles. The summed E-state index contributed by atoms with van der Waals surface area (Å²) >= 11 is 5.90. The van der Waals surface area contributed by atoms with Crippen LogP contribution in [0.25, 0.3) is 0 Å². The molecule has 0 bridgehead atoms. The highest BCUT2D eigenvalue weighted by molar-refractivity contribution is 6.20. The number of halogens is 1. The summed E-state index contributed by atoms with van der Waals surface area (Å²) in [6.07, 6.45) is 0.945. The van der Waals surface area contributed by atoms with Gasteiger partial charge in [-0.3, -0.25) is 0 Å². The maximum absolute atomic E-state index is 9.27. The molecule has 1 rings (SSSR count). The molecule has 2 atom stereocenters. The Bertz CT molecular complexity index is 301. The van der Waals surface area contributed by atoms with E-state index in [9.17, 15) is 5.11 Å². The zero-order valence-electron chi connectivity index (χ0n) is 9.20. The van der Waals surface area contributed by atoms with E-state index in [1.54, 1.807) is 12.1 Å². The van der Waals surface area contributed by atoms with E-state index in [1.807, 2.05) is 19.1 Å². The number of rotatable bonds is 5. The lowest BCUT2D eigenvalue weighted by molar-refractivity contribution is 0.472. The van der Waals surface area contributed by atoms with Crippen LogP contribution >= 0.6 is 11.6 Å². The fourth-order valence-electron chi connectivity index (χ4n) is 1.53. The average Bonchev–Trinajstić information content (AvgIpc) is 2.14. The third-order valence-corrected chi connectivity index (χ3v) is 2.42. The van der Waals surface area contributed by atoms with Crippen LogP contribution < -0.4 is 5.32 Å². The SMILES string of the molecule is CC(Cl)CC(C)NCc1cccc(O)c1. The summed E-state index contributed by atoms with van der Waals surface area (Å²) in [5.74, 6) is 0.313. The zero-order valence-corrected chi connectivity index (χ0v) is 9.96. The summed E-state index contributed by atoms with van der Waals surface area (Å²) in [4.78, 5) is 0. The van der Waals surface area contributed by atoms with Crippen molar-refractivity contribution in [1.29, 1.82) is 0 Å².